The maximum atomic E-state index is 13.6. The zero-order valence-corrected chi connectivity index (χ0v) is 11.7. The summed E-state index contributed by atoms with van der Waals surface area (Å²) in [6.45, 7) is 1.49. The van der Waals surface area contributed by atoms with Gasteiger partial charge in [-0.15, -0.1) is 0 Å². The maximum absolute atomic E-state index is 13.6. The molecule has 1 heterocycles. The molecule has 1 aromatic rings. The van der Waals surface area contributed by atoms with Crippen LogP contribution in [0, 0.1) is 11.7 Å². The summed E-state index contributed by atoms with van der Waals surface area (Å²) in [5, 5.41) is 0. The molecule has 6 heteroatoms. The number of rotatable bonds is 4. The van der Waals surface area contributed by atoms with Crippen molar-refractivity contribution in [2.75, 3.05) is 26.8 Å². The molecule has 0 aliphatic carbocycles. The Morgan fingerprint density at radius 3 is 2.53 bits per heavy atom. The smallest absolute Gasteiger partial charge is 0.245 e. The molecule has 0 radical (unpaired) electrons. The van der Waals surface area contributed by atoms with E-state index < -0.39 is 15.8 Å². The summed E-state index contributed by atoms with van der Waals surface area (Å²) in [4.78, 5) is -0.236. The van der Waals surface area contributed by atoms with Gasteiger partial charge in [-0.05, 0) is 30.9 Å². The molecular formula is C13H18FNO3S. The Bertz CT molecular complexity index is 524. The lowest BCUT2D eigenvalue weighted by Crippen LogP contribution is -2.39. The van der Waals surface area contributed by atoms with Gasteiger partial charge in [0.15, 0.2) is 0 Å². The molecule has 106 valence electrons. The van der Waals surface area contributed by atoms with E-state index in [-0.39, 0.29) is 4.90 Å². The first kappa shape index (κ1) is 14.4. The number of piperidine rings is 1. The predicted molar refractivity (Wildman–Crippen MR) is 69.8 cm³/mol. The molecule has 0 saturated carbocycles. The largest absolute Gasteiger partial charge is 0.384 e. The Morgan fingerprint density at radius 1 is 1.32 bits per heavy atom. The van der Waals surface area contributed by atoms with Crippen LogP contribution in [-0.2, 0) is 14.8 Å². The molecule has 0 bridgehead atoms. The van der Waals surface area contributed by atoms with E-state index in [0.717, 1.165) is 12.8 Å². The fourth-order valence-electron chi connectivity index (χ4n) is 2.35. The topological polar surface area (TPSA) is 46.6 Å². The van der Waals surface area contributed by atoms with Gasteiger partial charge in [-0.25, -0.2) is 12.8 Å². The second kappa shape index (κ2) is 5.98. The van der Waals surface area contributed by atoms with Gasteiger partial charge in [-0.2, -0.15) is 4.31 Å². The third-order valence-electron chi connectivity index (χ3n) is 3.43. The van der Waals surface area contributed by atoms with Crippen LogP contribution in [0.25, 0.3) is 0 Å². The van der Waals surface area contributed by atoms with Gasteiger partial charge < -0.3 is 4.74 Å². The Hall–Kier alpha value is -0.980. The zero-order valence-electron chi connectivity index (χ0n) is 10.9. The molecule has 19 heavy (non-hydrogen) atoms. The highest BCUT2D eigenvalue weighted by atomic mass is 32.2. The van der Waals surface area contributed by atoms with E-state index >= 15 is 0 Å². The number of nitrogens with zero attached hydrogens (tertiary/aromatic N) is 1. The van der Waals surface area contributed by atoms with Gasteiger partial charge in [-0.1, -0.05) is 12.1 Å². The van der Waals surface area contributed by atoms with E-state index in [1.807, 2.05) is 0 Å². The van der Waals surface area contributed by atoms with Crippen molar-refractivity contribution in [1.82, 2.24) is 4.31 Å². The molecule has 1 saturated heterocycles. The third kappa shape index (κ3) is 3.13. The van der Waals surface area contributed by atoms with Crippen molar-refractivity contribution in [1.29, 1.82) is 0 Å². The summed E-state index contributed by atoms with van der Waals surface area (Å²) in [7, 11) is -2.07. The van der Waals surface area contributed by atoms with Gasteiger partial charge in [0, 0.05) is 26.8 Å². The molecule has 2 rings (SSSR count). The van der Waals surface area contributed by atoms with Crippen LogP contribution in [0.15, 0.2) is 29.2 Å². The van der Waals surface area contributed by atoms with Crippen molar-refractivity contribution in [3.05, 3.63) is 30.1 Å². The first-order valence-corrected chi connectivity index (χ1v) is 7.73. The molecule has 0 atom stereocenters. The number of halogens is 1. The molecule has 1 fully saturated rings. The lowest BCUT2D eigenvalue weighted by molar-refractivity contribution is 0.121. The monoisotopic (exact) mass is 287 g/mol. The summed E-state index contributed by atoms with van der Waals surface area (Å²) in [5.74, 6) is -0.307. The number of hydrogen-bond acceptors (Lipinski definition) is 3. The van der Waals surface area contributed by atoms with Crippen LogP contribution in [-0.4, -0.2) is 39.5 Å². The Balaban J connectivity index is 2.12. The van der Waals surface area contributed by atoms with Crippen LogP contribution in [0.3, 0.4) is 0 Å². The van der Waals surface area contributed by atoms with E-state index in [2.05, 4.69) is 0 Å². The Morgan fingerprint density at radius 2 is 1.95 bits per heavy atom. The molecule has 1 aliphatic rings. The van der Waals surface area contributed by atoms with Crippen LogP contribution >= 0.6 is 0 Å². The van der Waals surface area contributed by atoms with E-state index in [4.69, 9.17) is 4.74 Å². The van der Waals surface area contributed by atoms with Crippen LogP contribution in [0.4, 0.5) is 4.39 Å². The third-order valence-corrected chi connectivity index (χ3v) is 5.36. The first-order valence-electron chi connectivity index (χ1n) is 6.29. The lowest BCUT2D eigenvalue weighted by Gasteiger charge is -2.30. The van der Waals surface area contributed by atoms with Gasteiger partial charge >= 0.3 is 0 Å². The molecule has 4 nitrogen and oxygen atoms in total. The summed E-state index contributed by atoms with van der Waals surface area (Å²) in [6.07, 6.45) is 1.50. The lowest BCUT2D eigenvalue weighted by atomic mass is 9.99. The summed E-state index contributed by atoms with van der Waals surface area (Å²) in [6, 6.07) is 5.50. The van der Waals surface area contributed by atoms with Crippen LogP contribution in [0.2, 0.25) is 0 Å². The van der Waals surface area contributed by atoms with E-state index in [0.29, 0.717) is 25.6 Å². The highest BCUT2D eigenvalue weighted by Crippen LogP contribution is 2.25. The average molecular weight is 287 g/mol. The molecule has 0 N–H and O–H groups in total. The Labute approximate surface area is 113 Å². The summed E-state index contributed by atoms with van der Waals surface area (Å²) in [5.41, 5.74) is 0. The van der Waals surface area contributed by atoms with Crippen molar-refractivity contribution in [3.8, 4) is 0 Å². The highest BCUT2D eigenvalue weighted by molar-refractivity contribution is 7.89. The molecule has 0 aromatic heterocycles. The molecule has 0 amide bonds. The minimum Gasteiger partial charge on any atom is -0.384 e. The second-order valence-corrected chi connectivity index (χ2v) is 6.64. The molecule has 0 unspecified atom stereocenters. The highest BCUT2D eigenvalue weighted by Gasteiger charge is 2.30. The van der Waals surface area contributed by atoms with Gasteiger partial charge in [0.05, 0.1) is 0 Å². The van der Waals surface area contributed by atoms with Gasteiger partial charge in [0.1, 0.15) is 10.7 Å². The van der Waals surface area contributed by atoms with Gasteiger partial charge in [0.2, 0.25) is 10.0 Å². The predicted octanol–water partition coefficient (Wildman–Crippen LogP) is 1.87. The van der Waals surface area contributed by atoms with Crippen molar-refractivity contribution in [2.45, 2.75) is 17.7 Å². The molecule has 0 spiro atoms. The fraction of sp³-hybridized carbons (Fsp3) is 0.538. The minimum absolute atomic E-state index is 0.236. The fourth-order valence-corrected chi connectivity index (χ4v) is 3.88. The molecule has 1 aliphatic heterocycles. The minimum atomic E-state index is -3.71. The summed E-state index contributed by atoms with van der Waals surface area (Å²) < 4.78 is 44.7. The zero-order chi connectivity index (χ0) is 13.9. The van der Waals surface area contributed by atoms with Crippen molar-refractivity contribution in [3.63, 3.8) is 0 Å². The molecular weight excluding hydrogens is 269 g/mol. The Kier molecular flexibility index (Phi) is 4.54. The van der Waals surface area contributed by atoms with E-state index in [9.17, 15) is 12.8 Å². The van der Waals surface area contributed by atoms with Crippen LogP contribution in [0.5, 0.6) is 0 Å². The van der Waals surface area contributed by atoms with Crippen molar-refractivity contribution < 1.29 is 17.5 Å². The van der Waals surface area contributed by atoms with Crippen LogP contribution < -0.4 is 0 Å². The number of hydrogen-bond donors (Lipinski definition) is 0. The SMILES string of the molecule is COCC1CCN(S(=O)(=O)c2ccccc2F)CC1. The van der Waals surface area contributed by atoms with Crippen LogP contribution in [0.1, 0.15) is 12.8 Å². The number of ether oxygens (including phenoxy) is 1. The average Bonchev–Trinajstić information content (AvgIpc) is 2.40. The number of methoxy groups -OCH3 is 1. The number of sulfonamides is 1. The van der Waals surface area contributed by atoms with Gasteiger partial charge in [0.25, 0.3) is 0 Å². The van der Waals surface area contributed by atoms with E-state index in [1.54, 1.807) is 7.11 Å². The van der Waals surface area contributed by atoms with Crippen molar-refractivity contribution in [2.24, 2.45) is 5.92 Å². The van der Waals surface area contributed by atoms with Gasteiger partial charge in [-0.3, -0.25) is 0 Å². The number of benzene rings is 1. The van der Waals surface area contributed by atoms with E-state index in [1.165, 1.54) is 28.6 Å². The molecule has 1 aromatic carbocycles. The van der Waals surface area contributed by atoms with Crippen molar-refractivity contribution >= 4 is 10.0 Å². The second-order valence-electron chi connectivity index (χ2n) is 4.73. The normalized spacial score (nSPS) is 18.6. The first-order chi connectivity index (χ1) is 9.05. The maximum Gasteiger partial charge on any atom is 0.245 e. The summed E-state index contributed by atoms with van der Waals surface area (Å²) >= 11 is 0. The standard InChI is InChI=1S/C13H18FNO3S/c1-18-10-11-6-8-15(9-7-11)19(16,17)13-5-3-2-4-12(13)14/h2-5,11H,6-10H2,1H3. The quantitative estimate of drug-likeness (QED) is 0.849.